The first-order valence-corrected chi connectivity index (χ1v) is 12.2. The van der Waals surface area contributed by atoms with E-state index in [-0.39, 0.29) is 0 Å². The molecule has 0 radical (unpaired) electrons. The third-order valence-electron chi connectivity index (χ3n) is 6.11. The first-order chi connectivity index (χ1) is 15.4. The molecule has 1 aromatic carbocycles. The van der Waals surface area contributed by atoms with E-state index in [1.807, 2.05) is 25.1 Å². The molecule has 0 unspecified atom stereocenters. The van der Waals surface area contributed by atoms with Crippen LogP contribution in [-0.4, -0.2) is 35.8 Å². The summed E-state index contributed by atoms with van der Waals surface area (Å²) in [5, 5.41) is 2.39. The highest BCUT2D eigenvalue weighted by Gasteiger charge is 2.33. The van der Waals surface area contributed by atoms with E-state index in [1.54, 1.807) is 12.1 Å². The summed E-state index contributed by atoms with van der Waals surface area (Å²) in [5.74, 6) is 9.41. The molecular formula is C26H37ClN4O. The van der Waals surface area contributed by atoms with Crippen molar-refractivity contribution in [1.29, 1.82) is 0 Å². The Morgan fingerprint density at radius 3 is 2.47 bits per heavy atom. The first-order valence-electron chi connectivity index (χ1n) is 11.8. The number of allylic oxidation sites excluding steroid dienone is 3. The lowest BCUT2D eigenvalue weighted by Gasteiger charge is -2.38. The van der Waals surface area contributed by atoms with Crippen LogP contribution in [0.3, 0.4) is 0 Å². The van der Waals surface area contributed by atoms with Crippen LogP contribution in [-0.2, 0) is 0 Å². The number of rotatable bonds is 10. The molecule has 2 N–H and O–H groups in total. The van der Waals surface area contributed by atoms with Gasteiger partial charge in [0.05, 0.1) is 12.1 Å². The molecule has 1 aliphatic heterocycles. The van der Waals surface area contributed by atoms with Crippen LogP contribution in [0.2, 0.25) is 5.02 Å². The molecule has 0 spiro atoms. The van der Waals surface area contributed by atoms with Gasteiger partial charge in [0.1, 0.15) is 11.6 Å². The molecule has 0 amide bonds. The second-order valence-electron chi connectivity index (χ2n) is 8.60. The number of benzene rings is 1. The van der Waals surface area contributed by atoms with Gasteiger partial charge in [-0.1, -0.05) is 44.9 Å². The van der Waals surface area contributed by atoms with Gasteiger partial charge >= 0.3 is 0 Å². The van der Waals surface area contributed by atoms with Gasteiger partial charge in [0.25, 0.3) is 0 Å². The van der Waals surface area contributed by atoms with Gasteiger partial charge in [0.15, 0.2) is 5.82 Å². The molecule has 0 bridgehead atoms. The normalized spacial score (nSPS) is 17.3. The van der Waals surface area contributed by atoms with Crippen LogP contribution in [0.4, 0.5) is 0 Å². The zero-order chi connectivity index (χ0) is 23.3. The molecule has 1 aromatic rings. The number of hydrogen-bond acceptors (Lipinski definition) is 5. The molecule has 3 rings (SSSR count). The second kappa shape index (κ2) is 11.1. The minimum atomic E-state index is 0.597. The summed E-state index contributed by atoms with van der Waals surface area (Å²) in [6, 6.07) is 5.70. The molecule has 1 heterocycles. The maximum atomic E-state index is 6.87. The number of nitrogens with two attached hydrogens (primary N) is 1. The van der Waals surface area contributed by atoms with Gasteiger partial charge in [0.2, 0.25) is 0 Å². The quantitative estimate of drug-likeness (QED) is 0.407. The monoisotopic (exact) mass is 456 g/mol. The summed E-state index contributed by atoms with van der Waals surface area (Å²) < 4.78 is 5.34. The SMILES string of the molecule is C=C(C)/C(=C1/N=C2CCCC2=C(N(CCCC)CCCC)N1N)c1ccc(OC)cc1Cl. The van der Waals surface area contributed by atoms with Crippen molar-refractivity contribution in [2.45, 2.75) is 65.7 Å². The fourth-order valence-corrected chi connectivity index (χ4v) is 4.69. The van der Waals surface area contributed by atoms with E-state index in [1.165, 1.54) is 5.57 Å². The molecular weight excluding hydrogens is 420 g/mol. The van der Waals surface area contributed by atoms with E-state index < -0.39 is 0 Å². The second-order valence-corrected chi connectivity index (χ2v) is 9.01. The molecule has 1 aliphatic carbocycles. The lowest BCUT2D eigenvalue weighted by atomic mass is 9.98. The van der Waals surface area contributed by atoms with Crippen LogP contribution >= 0.6 is 11.6 Å². The standard InChI is InChI=1S/C26H37ClN4O/c1-6-8-15-30(16-9-7-2)26-21-11-10-12-23(21)29-25(31(26)28)24(18(3)4)20-14-13-19(32-5)17-22(20)27/h13-14,17H,3,6-12,15-16,28H2,1-2,4-5H3/b25-24+. The molecule has 0 aromatic heterocycles. The average molecular weight is 457 g/mol. The molecule has 1 fully saturated rings. The molecule has 5 nitrogen and oxygen atoms in total. The van der Waals surface area contributed by atoms with Gasteiger partial charge < -0.3 is 9.64 Å². The molecule has 6 heteroatoms. The number of unbranched alkanes of at least 4 members (excludes halogenated alkanes) is 2. The predicted octanol–water partition coefficient (Wildman–Crippen LogP) is 6.52. The van der Waals surface area contributed by atoms with Gasteiger partial charge in [-0.15, -0.1) is 0 Å². The Morgan fingerprint density at radius 1 is 1.22 bits per heavy atom. The van der Waals surface area contributed by atoms with E-state index in [4.69, 9.17) is 27.2 Å². The first kappa shape index (κ1) is 24.4. The number of nitrogens with zero attached hydrogens (tertiary/aromatic N) is 3. The van der Waals surface area contributed by atoms with E-state index in [2.05, 4.69) is 25.3 Å². The highest BCUT2D eigenvalue weighted by molar-refractivity contribution is 6.32. The van der Waals surface area contributed by atoms with Crippen molar-refractivity contribution >= 4 is 22.9 Å². The van der Waals surface area contributed by atoms with Crippen LogP contribution in [0.1, 0.15) is 71.3 Å². The van der Waals surface area contributed by atoms with E-state index >= 15 is 0 Å². The van der Waals surface area contributed by atoms with Crippen LogP contribution in [0, 0.1) is 0 Å². The van der Waals surface area contributed by atoms with E-state index in [0.29, 0.717) is 10.8 Å². The lowest BCUT2D eigenvalue weighted by molar-refractivity contribution is 0.230. The summed E-state index contributed by atoms with van der Waals surface area (Å²) in [6.45, 7) is 12.7. The Balaban J connectivity index is 2.15. The van der Waals surface area contributed by atoms with Crippen molar-refractivity contribution in [1.82, 2.24) is 9.91 Å². The maximum absolute atomic E-state index is 6.87. The Labute approximate surface area is 198 Å². The van der Waals surface area contributed by atoms with Gasteiger partial charge in [-0.3, -0.25) is 0 Å². The van der Waals surface area contributed by atoms with E-state index in [0.717, 1.165) is 92.1 Å². The molecule has 2 aliphatic rings. The van der Waals surface area contributed by atoms with Crippen molar-refractivity contribution in [3.05, 3.63) is 58.2 Å². The van der Waals surface area contributed by atoms with Crippen LogP contribution in [0.25, 0.3) is 5.57 Å². The van der Waals surface area contributed by atoms with Gasteiger partial charge in [-0.25, -0.2) is 15.8 Å². The fraction of sp³-hybridized carbons (Fsp3) is 0.500. The van der Waals surface area contributed by atoms with Crippen molar-refractivity contribution in [3.63, 3.8) is 0 Å². The average Bonchev–Trinajstić information content (AvgIpc) is 3.24. The van der Waals surface area contributed by atoms with Crippen molar-refractivity contribution in [2.24, 2.45) is 10.8 Å². The summed E-state index contributed by atoms with van der Waals surface area (Å²) in [4.78, 5) is 7.53. The molecule has 0 atom stereocenters. The minimum absolute atomic E-state index is 0.597. The number of fused-ring (bicyclic) bond motifs is 1. The highest BCUT2D eigenvalue weighted by Crippen LogP contribution is 2.40. The van der Waals surface area contributed by atoms with Crippen molar-refractivity contribution in [3.8, 4) is 5.75 Å². The number of methoxy groups -OCH3 is 1. The highest BCUT2D eigenvalue weighted by atomic mass is 35.5. The Morgan fingerprint density at radius 2 is 1.91 bits per heavy atom. The van der Waals surface area contributed by atoms with Crippen LogP contribution < -0.4 is 10.6 Å². The Kier molecular flexibility index (Phi) is 8.44. The van der Waals surface area contributed by atoms with Gasteiger partial charge in [-0.05, 0) is 62.8 Å². The fourth-order valence-electron chi connectivity index (χ4n) is 4.43. The Hall–Kier alpha value is -2.24. The van der Waals surface area contributed by atoms with Crippen molar-refractivity contribution in [2.75, 3.05) is 20.2 Å². The zero-order valence-electron chi connectivity index (χ0n) is 20.0. The molecule has 0 saturated heterocycles. The molecule has 32 heavy (non-hydrogen) atoms. The number of hydrazine groups is 1. The summed E-state index contributed by atoms with van der Waals surface area (Å²) in [6.07, 6.45) is 7.69. The van der Waals surface area contributed by atoms with Gasteiger partial charge in [0, 0.05) is 35.5 Å². The summed E-state index contributed by atoms with van der Waals surface area (Å²) in [7, 11) is 1.64. The number of ether oxygens (including phenoxy) is 1. The topological polar surface area (TPSA) is 54.1 Å². The van der Waals surface area contributed by atoms with Gasteiger partial charge in [-0.2, -0.15) is 0 Å². The lowest BCUT2D eigenvalue weighted by Crippen LogP contribution is -2.43. The predicted molar refractivity (Wildman–Crippen MR) is 135 cm³/mol. The van der Waals surface area contributed by atoms with E-state index in [9.17, 15) is 0 Å². The Bertz CT molecular complexity index is 939. The number of hydrogen-bond donors (Lipinski definition) is 1. The third-order valence-corrected chi connectivity index (χ3v) is 6.43. The third kappa shape index (κ3) is 5.05. The molecule has 174 valence electrons. The minimum Gasteiger partial charge on any atom is -0.497 e. The largest absolute Gasteiger partial charge is 0.497 e. The summed E-state index contributed by atoms with van der Waals surface area (Å²) in [5.41, 5.74) is 5.07. The summed E-state index contributed by atoms with van der Waals surface area (Å²) >= 11 is 6.68. The maximum Gasteiger partial charge on any atom is 0.157 e. The van der Waals surface area contributed by atoms with Crippen LogP contribution in [0.15, 0.2) is 52.6 Å². The van der Waals surface area contributed by atoms with Crippen molar-refractivity contribution < 1.29 is 4.74 Å². The molecule has 1 saturated carbocycles. The smallest absolute Gasteiger partial charge is 0.157 e. The number of halogens is 1. The zero-order valence-corrected chi connectivity index (χ0v) is 20.8. The number of aliphatic imine (C=N–C) groups is 1. The van der Waals surface area contributed by atoms with Crippen LogP contribution in [0.5, 0.6) is 5.75 Å².